The number of benzene rings is 4. The predicted molar refractivity (Wildman–Crippen MR) is 165 cm³/mol. The van der Waals surface area contributed by atoms with Gasteiger partial charge in [-0.05, 0) is 6.07 Å². The Morgan fingerprint density at radius 2 is 0.870 bits per heavy atom. The van der Waals surface area contributed by atoms with E-state index in [2.05, 4.69) is 9.97 Å². The van der Waals surface area contributed by atoms with Crippen molar-refractivity contribution in [1.82, 2.24) is 39.9 Å². The van der Waals surface area contributed by atoms with Crippen molar-refractivity contribution in [2.75, 3.05) is 0 Å². The van der Waals surface area contributed by atoms with E-state index in [1.807, 2.05) is 78.9 Å². The summed E-state index contributed by atoms with van der Waals surface area (Å²) in [6.45, 7) is 0. The van der Waals surface area contributed by atoms with Crippen LogP contribution in [0.25, 0.3) is 89.7 Å². The molecule has 4 aromatic carbocycles. The van der Waals surface area contributed by atoms with Crippen LogP contribution >= 0.6 is 0 Å². The Balaban J connectivity index is 0.00000169. The summed E-state index contributed by atoms with van der Waals surface area (Å²) in [6, 6.07) is 28.4. The third kappa shape index (κ3) is 4.98. The van der Waals surface area contributed by atoms with Crippen LogP contribution in [0, 0.1) is 0 Å². The molecule has 0 spiro atoms. The van der Waals surface area contributed by atoms with Crippen LogP contribution in [-0.2, 0) is 36.2 Å². The van der Waals surface area contributed by atoms with Gasteiger partial charge in [-0.3, -0.25) is 0 Å². The summed E-state index contributed by atoms with van der Waals surface area (Å²) in [4.78, 5) is 36.1. The first kappa shape index (κ1) is 30.8. The van der Waals surface area contributed by atoms with Gasteiger partial charge in [-0.25, -0.2) is 29.9 Å². The maximum Gasteiger partial charge on any atom is 1.00 e. The normalized spacial score (nSPS) is 11.5. The molecular formula is C32H17CoKN8O3S. The van der Waals surface area contributed by atoms with Crippen LogP contribution in [0.2, 0.25) is 0 Å². The van der Waals surface area contributed by atoms with Gasteiger partial charge in [-0.2, -0.15) is 0 Å². The number of hydrogen-bond acceptors (Lipinski definition) is 10. The van der Waals surface area contributed by atoms with E-state index in [-0.39, 0.29) is 73.9 Å². The third-order valence-electron chi connectivity index (χ3n) is 7.70. The maximum atomic E-state index is 11.6. The van der Waals surface area contributed by atoms with Gasteiger partial charge in [-0.15, -0.1) is 0 Å². The van der Waals surface area contributed by atoms with Crippen LogP contribution in [-0.4, -0.2) is 39.9 Å². The van der Waals surface area contributed by atoms with Crippen LogP contribution < -0.4 is 55.6 Å². The molecule has 219 valence electrons. The second-order valence-corrected chi connectivity index (χ2v) is 10.8. The van der Waals surface area contributed by atoms with Crippen LogP contribution in [0.3, 0.4) is 0 Å². The van der Waals surface area contributed by atoms with Crippen LogP contribution in [0.1, 0.15) is 0 Å². The molecule has 0 unspecified atom stereocenters. The molecule has 8 bridgehead atoms. The van der Waals surface area contributed by atoms with E-state index in [0.29, 0.717) is 56.7 Å². The van der Waals surface area contributed by atoms with E-state index < -0.39 is 11.0 Å². The zero-order valence-corrected chi connectivity index (χ0v) is 28.8. The summed E-state index contributed by atoms with van der Waals surface area (Å²) < 4.78 is 28.4. The molecular weight excluding hydrogens is 675 g/mol. The minimum Gasteiger partial charge on any atom is -0.532 e. The van der Waals surface area contributed by atoms with Crippen LogP contribution in [0.4, 0.5) is 0 Å². The third-order valence-corrected chi connectivity index (χ3v) is 8.01. The van der Waals surface area contributed by atoms with Crippen LogP contribution in [0.15, 0.2) is 91.0 Å². The molecule has 11 nitrogen and oxygen atoms in total. The molecule has 2 aliphatic heterocycles. The quantitative estimate of drug-likeness (QED) is 0.205. The molecule has 5 heterocycles. The molecule has 14 heteroatoms. The van der Waals surface area contributed by atoms with Crippen LogP contribution in [0.5, 0.6) is 5.75 Å². The molecule has 46 heavy (non-hydrogen) atoms. The molecule has 3 aromatic heterocycles. The minimum atomic E-state index is -2.81. The summed E-state index contributed by atoms with van der Waals surface area (Å²) in [5.74, 6) is 1.92. The number of fused-ring (bicyclic) bond motifs is 20. The Morgan fingerprint density at radius 1 is 0.478 bits per heavy atom. The molecule has 0 aliphatic carbocycles. The largest absolute Gasteiger partial charge is 1.00 e. The molecule has 7 aromatic rings. The second-order valence-electron chi connectivity index (χ2n) is 10.2. The van der Waals surface area contributed by atoms with Gasteiger partial charge in [0.15, 0.2) is 23.3 Å². The SMILES string of the molecule is O=[S-](=O)Oc1cccc2c3nc4nc(nc5[nH]c(nc6nc(nc([nH]3)c12)-c1ccccc1-6)c1ccccc51)-c1ccccc1-4.[Co].[K+]. The van der Waals surface area contributed by atoms with Gasteiger partial charge in [0.2, 0.25) is 0 Å². The Morgan fingerprint density at radius 3 is 1.35 bits per heavy atom. The van der Waals surface area contributed by atoms with Crippen molar-refractivity contribution in [1.29, 1.82) is 0 Å². The fourth-order valence-corrected chi connectivity index (χ4v) is 6.09. The summed E-state index contributed by atoms with van der Waals surface area (Å²) in [7, 11) is -2.81. The summed E-state index contributed by atoms with van der Waals surface area (Å²) >= 11 is 0. The van der Waals surface area contributed by atoms with Gasteiger partial charge in [0.05, 0.1) is 5.39 Å². The van der Waals surface area contributed by atoms with Crippen molar-refractivity contribution in [2.24, 2.45) is 0 Å². The van der Waals surface area contributed by atoms with Gasteiger partial charge < -0.3 is 22.6 Å². The standard InChI is InChI=1S/C32H17N8O3S.Co.K/c41-44(42)43-23-15-7-14-22-24(23)32-39-30-21-13-6-5-12-20(21)28(37-30)35-26-17-9-2-1-8-16(17)25(33-26)34-27-18-10-3-4-11-19(18)29(36-27)38-31(22)40-32;;/h1-15H,(H2,33,34,35,36,37,38,39,40);;/q-1;;+1. The topological polar surface area (TPSA) is 152 Å². The van der Waals surface area contributed by atoms with Gasteiger partial charge in [0, 0.05) is 55.2 Å². The first-order chi connectivity index (χ1) is 21.6. The number of nitrogens with zero attached hydrogens (tertiary/aromatic N) is 6. The minimum absolute atomic E-state index is 0. The molecule has 2 aliphatic rings. The number of rotatable bonds is 2. The summed E-state index contributed by atoms with van der Waals surface area (Å²) in [5, 5.41) is 2.81. The number of hydrogen-bond donors (Lipinski definition) is 2. The van der Waals surface area contributed by atoms with E-state index in [1.54, 1.807) is 12.1 Å². The smallest absolute Gasteiger partial charge is 0.532 e. The molecule has 0 saturated heterocycles. The van der Waals surface area contributed by atoms with Crippen molar-refractivity contribution in [3.63, 3.8) is 0 Å². The monoisotopic (exact) mass is 691 g/mol. The number of H-pyrrole nitrogens is 2. The van der Waals surface area contributed by atoms with E-state index in [1.165, 1.54) is 0 Å². The first-order valence-corrected chi connectivity index (χ1v) is 14.6. The molecule has 9 rings (SSSR count). The summed E-state index contributed by atoms with van der Waals surface area (Å²) in [5.41, 5.74) is 5.18. The van der Waals surface area contributed by atoms with Crippen molar-refractivity contribution in [3.8, 4) is 51.3 Å². The molecule has 0 amide bonds. The van der Waals surface area contributed by atoms with Gasteiger partial charge in [0.25, 0.3) is 0 Å². The Kier molecular flexibility index (Phi) is 8.06. The Hall–Kier alpha value is -3.87. The van der Waals surface area contributed by atoms with E-state index in [9.17, 15) is 8.42 Å². The maximum absolute atomic E-state index is 11.6. The van der Waals surface area contributed by atoms with E-state index >= 15 is 0 Å². The summed E-state index contributed by atoms with van der Waals surface area (Å²) in [6.07, 6.45) is 0. The van der Waals surface area contributed by atoms with Crippen molar-refractivity contribution < 1.29 is 80.8 Å². The molecule has 0 fully saturated rings. The van der Waals surface area contributed by atoms with Crippen molar-refractivity contribution in [3.05, 3.63) is 91.0 Å². The number of aromatic amines is 2. The van der Waals surface area contributed by atoms with Gasteiger partial charge in [0.1, 0.15) is 39.3 Å². The Labute approximate surface area is 314 Å². The first-order valence-electron chi connectivity index (χ1n) is 13.6. The molecule has 0 saturated carbocycles. The fraction of sp³-hybridized carbons (Fsp3) is 0. The van der Waals surface area contributed by atoms with Crippen molar-refractivity contribution in [2.45, 2.75) is 0 Å². The van der Waals surface area contributed by atoms with Crippen molar-refractivity contribution >= 4 is 55.1 Å². The zero-order valence-electron chi connectivity index (χ0n) is 23.8. The second kappa shape index (κ2) is 12.1. The predicted octanol–water partition coefficient (Wildman–Crippen LogP) is 3.47. The number of nitrogens with one attached hydrogen (secondary N) is 2. The number of aromatic nitrogens is 8. The van der Waals surface area contributed by atoms with Gasteiger partial charge in [-0.1, -0.05) is 84.9 Å². The molecule has 0 atom stereocenters. The average molecular weight is 692 g/mol. The fourth-order valence-electron chi connectivity index (χ4n) is 5.80. The molecule has 2 N–H and O–H groups in total. The zero-order chi connectivity index (χ0) is 29.4. The van der Waals surface area contributed by atoms with Gasteiger partial charge >= 0.3 is 51.4 Å². The van der Waals surface area contributed by atoms with E-state index in [4.69, 9.17) is 34.1 Å². The molecule has 1 radical (unpaired) electrons. The van der Waals surface area contributed by atoms with E-state index in [0.717, 1.165) is 33.0 Å². The Bertz CT molecular complexity index is 2610. The average Bonchev–Trinajstić information content (AvgIpc) is 3.77.